The van der Waals surface area contributed by atoms with E-state index in [0.717, 1.165) is 17.1 Å². The van der Waals surface area contributed by atoms with Crippen molar-refractivity contribution < 1.29 is 18.7 Å². The first-order chi connectivity index (χ1) is 11.6. The van der Waals surface area contributed by atoms with Crippen molar-refractivity contribution in [3.8, 4) is 0 Å². The van der Waals surface area contributed by atoms with E-state index in [9.17, 15) is 9.50 Å². The molecule has 4 nitrogen and oxygen atoms in total. The van der Waals surface area contributed by atoms with E-state index < -0.39 is 6.10 Å². The van der Waals surface area contributed by atoms with Gasteiger partial charge in [0.25, 0.3) is 0 Å². The first-order valence-corrected chi connectivity index (χ1v) is 7.95. The second-order valence-corrected chi connectivity index (χ2v) is 5.79. The molecule has 130 valence electrons. The van der Waals surface area contributed by atoms with Gasteiger partial charge in [-0.2, -0.15) is 0 Å². The highest BCUT2D eigenvalue weighted by molar-refractivity contribution is 5.16. The summed E-state index contributed by atoms with van der Waals surface area (Å²) in [5, 5.41) is 10.2. The van der Waals surface area contributed by atoms with Gasteiger partial charge in [0.05, 0.1) is 25.9 Å². The second kappa shape index (κ2) is 9.37. The number of furan rings is 1. The van der Waals surface area contributed by atoms with Gasteiger partial charge in [-0.3, -0.25) is 4.90 Å². The number of aliphatic hydroxyl groups is 1. The zero-order valence-corrected chi connectivity index (χ0v) is 14.0. The molecule has 1 aromatic carbocycles. The van der Waals surface area contributed by atoms with Crippen molar-refractivity contribution >= 4 is 0 Å². The van der Waals surface area contributed by atoms with Gasteiger partial charge in [0, 0.05) is 13.1 Å². The normalized spacial score (nSPS) is 12.5. The van der Waals surface area contributed by atoms with Gasteiger partial charge in [-0.1, -0.05) is 18.2 Å². The zero-order chi connectivity index (χ0) is 17.4. The molecule has 1 heterocycles. The van der Waals surface area contributed by atoms with Crippen LogP contribution in [0.25, 0.3) is 0 Å². The highest BCUT2D eigenvalue weighted by Gasteiger charge is 2.15. The maximum Gasteiger partial charge on any atom is 0.123 e. The van der Waals surface area contributed by atoms with Gasteiger partial charge in [-0.05, 0) is 36.8 Å². The maximum atomic E-state index is 13.1. The molecule has 0 unspecified atom stereocenters. The molecule has 2 aromatic rings. The summed E-state index contributed by atoms with van der Waals surface area (Å²) in [5.74, 6) is 1.42. The van der Waals surface area contributed by atoms with Crippen molar-refractivity contribution in [2.24, 2.45) is 0 Å². The van der Waals surface area contributed by atoms with E-state index in [0.29, 0.717) is 26.2 Å². The predicted molar refractivity (Wildman–Crippen MR) is 91.0 cm³/mol. The third kappa shape index (κ3) is 6.28. The van der Waals surface area contributed by atoms with E-state index in [-0.39, 0.29) is 12.4 Å². The summed E-state index contributed by atoms with van der Waals surface area (Å²) in [5.41, 5.74) is 0.971. The van der Waals surface area contributed by atoms with Gasteiger partial charge < -0.3 is 14.3 Å². The van der Waals surface area contributed by atoms with E-state index in [1.807, 2.05) is 24.0 Å². The maximum absolute atomic E-state index is 13.1. The van der Waals surface area contributed by atoms with Crippen LogP contribution in [0.3, 0.4) is 0 Å². The number of ether oxygens (including phenoxy) is 1. The van der Waals surface area contributed by atoms with Crippen LogP contribution in [0.15, 0.2) is 53.5 Å². The molecule has 1 atom stereocenters. The van der Waals surface area contributed by atoms with E-state index in [2.05, 4.69) is 6.58 Å². The fourth-order valence-corrected chi connectivity index (χ4v) is 2.46. The highest BCUT2D eigenvalue weighted by Crippen LogP contribution is 2.14. The molecule has 0 saturated carbocycles. The lowest BCUT2D eigenvalue weighted by Gasteiger charge is -2.24. The number of aliphatic hydroxyl groups excluding tert-OH is 1. The number of hydrogen-bond donors (Lipinski definition) is 1. The predicted octanol–water partition coefficient (Wildman–Crippen LogP) is 3.29. The minimum Gasteiger partial charge on any atom is -0.465 e. The van der Waals surface area contributed by atoms with Crippen LogP contribution >= 0.6 is 0 Å². The van der Waals surface area contributed by atoms with E-state index >= 15 is 0 Å². The summed E-state index contributed by atoms with van der Waals surface area (Å²) in [4.78, 5) is 2.05. The number of halogens is 1. The van der Waals surface area contributed by atoms with Crippen molar-refractivity contribution in [2.45, 2.75) is 26.1 Å². The number of nitrogens with zero attached hydrogens (tertiary/aromatic N) is 1. The molecule has 0 aliphatic rings. The quantitative estimate of drug-likeness (QED) is 0.535. The van der Waals surface area contributed by atoms with Crippen molar-refractivity contribution in [1.29, 1.82) is 0 Å². The summed E-state index contributed by atoms with van der Waals surface area (Å²) in [6.07, 6.45) is 1.02. The third-order valence-electron chi connectivity index (χ3n) is 3.51. The smallest absolute Gasteiger partial charge is 0.123 e. The molecule has 0 bridgehead atoms. The lowest BCUT2D eigenvalue weighted by Crippen LogP contribution is -2.34. The lowest BCUT2D eigenvalue weighted by atomic mass is 10.2. The molecule has 0 aliphatic carbocycles. The molecule has 0 amide bonds. The van der Waals surface area contributed by atoms with Crippen LogP contribution in [-0.4, -0.2) is 35.9 Å². The standard InChI is InChI=1S/C19H24FNO3/c1-3-10-23-14-18(22)12-21(13-19-9-4-15(2)24-19)11-16-5-7-17(20)8-6-16/h3-9,18,22H,1,10-14H2,2H3/t18-/m0/s1. The number of hydrogen-bond acceptors (Lipinski definition) is 4. The molecule has 0 radical (unpaired) electrons. The van der Waals surface area contributed by atoms with Crippen molar-refractivity contribution in [3.05, 3.63) is 72.0 Å². The van der Waals surface area contributed by atoms with Crippen LogP contribution < -0.4 is 0 Å². The van der Waals surface area contributed by atoms with Crippen molar-refractivity contribution in [2.75, 3.05) is 19.8 Å². The Kier molecular flexibility index (Phi) is 7.18. The molecule has 2 rings (SSSR count). The molecule has 0 spiro atoms. The minimum absolute atomic E-state index is 0.239. The monoisotopic (exact) mass is 333 g/mol. The molecule has 0 fully saturated rings. The Bertz CT molecular complexity index is 624. The summed E-state index contributed by atoms with van der Waals surface area (Å²) in [7, 11) is 0. The largest absolute Gasteiger partial charge is 0.465 e. The average molecular weight is 333 g/mol. The number of benzene rings is 1. The van der Waals surface area contributed by atoms with E-state index in [1.165, 1.54) is 12.1 Å². The summed E-state index contributed by atoms with van der Waals surface area (Å²) in [6, 6.07) is 10.2. The second-order valence-electron chi connectivity index (χ2n) is 5.79. The van der Waals surface area contributed by atoms with Crippen LogP contribution in [0.4, 0.5) is 4.39 Å². The van der Waals surface area contributed by atoms with Gasteiger partial charge in [-0.15, -0.1) is 6.58 Å². The first-order valence-electron chi connectivity index (χ1n) is 7.95. The minimum atomic E-state index is -0.624. The van der Waals surface area contributed by atoms with Gasteiger partial charge in [0.2, 0.25) is 0 Å². The van der Waals surface area contributed by atoms with Crippen LogP contribution in [0.5, 0.6) is 0 Å². The molecule has 0 saturated heterocycles. The van der Waals surface area contributed by atoms with Crippen LogP contribution in [0.2, 0.25) is 0 Å². The fourth-order valence-electron chi connectivity index (χ4n) is 2.46. The zero-order valence-electron chi connectivity index (χ0n) is 14.0. The highest BCUT2D eigenvalue weighted by atomic mass is 19.1. The molecular weight excluding hydrogens is 309 g/mol. The fraction of sp³-hybridized carbons (Fsp3) is 0.368. The Labute approximate surface area is 142 Å². The lowest BCUT2D eigenvalue weighted by molar-refractivity contribution is 0.0215. The third-order valence-corrected chi connectivity index (χ3v) is 3.51. The Hall–Kier alpha value is -1.95. The topological polar surface area (TPSA) is 45.8 Å². The Morgan fingerprint density at radius 3 is 2.62 bits per heavy atom. The molecule has 5 heteroatoms. The summed E-state index contributed by atoms with van der Waals surface area (Å²) < 4.78 is 24.0. The number of rotatable bonds is 10. The van der Waals surface area contributed by atoms with Gasteiger partial charge >= 0.3 is 0 Å². The van der Waals surface area contributed by atoms with Crippen LogP contribution in [0.1, 0.15) is 17.1 Å². The van der Waals surface area contributed by atoms with E-state index in [1.54, 1.807) is 18.2 Å². The van der Waals surface area contributed by atoms with Gasteiger partial charge in [0.15, 0.2) is 0 Å². The SMILES string of the molecule is C=CCOC[C@@H](O)CN(Cc1ccc(F)cc1)Cc1ccc(C)o1. The average Bonchev–Trinajstić information content (AvgIpc) is 2.95. The molecule has 1 N–H and O–H groups in total. The van der Waals surface area contributed by atoms with Crippen molar-refractivity contribution in [3.63, 3.8) is 0 Å². The molecular formula is C19H24FNO3. The number of aryl methyl sites for hydroxylation is 1. The summed E-state index contributed by atoms with van der Waals surface area (Å²) >= 11 is 0. The van der Waals surface area contributed by atoms with E-state index in [4.69, 9.17) is 9.15 Å². The van der Waals surface area contributed by atoms with Gasteiger partial charge in [0.1, 0.15) is 17.3 Å². The Balaban J connectivity index is 1.99. The first kappa shape index (κ1) is 18.4. The van der Waals surface area contributed by atoms with Crippen LogP contribution in [0, 0.1) is 12.7 Å². The molecule has 0 aliphatic heterocycles. The Morgan fingerprint density at radius 1 is 1.25 bits per heavy atom. The summed E-state index contributed by atoms with van der Waals surface area (Å²) in [6.45, 7) is 7.69. The van der Waals surface area contributed by atoms with Crippen LogP contribution in [-0.2, 0) is 17.8 Å². The molecule has 24 heavy (non-hydrogen) atoms. The Morgan fingerprint density at radius 2 is 2.00 bits per heavy atom. The van der Waals surface area contributed by atoms with Crippen molar-refractivity contribution in [1.82, 2.24) is 4.90 Å². The van der Waals surface area contributed by atoms with Gasteiger partial charge in [-0.25, -0.2) is 4.39 Å². The molecule has 1 aromatic heterocycles.